The molecule has 8 nitrogen and oxygen atoms in total. The van der Waals surface area contributed by atoms with Gasteiger partial charge in [-0.3, -0.25) is 14.4 Å². The fraction of sp³-hybridized carbons (Fsp3) is 0.182. The standard InChI is InChI=1S/C22H18N4O4S/c27-19-8-5-14(13-23-19)21(28)25-9-11-26(12-10-25)22(29)17-7-6-16(30-17)20-24-15-3-1-2-4-18(15)31-20/h1-8,13H,9-12H2,(H,23,27). The molecule has 9 heteroatoms. The number of nitrogens with one attached hydrogen (secondary N) is 1. The summed E-state index contributed by atoms with van der Waals surface area (Å²) in [6.45, 7) is 1.64. The van der Waals surface area contributed by atoms with E-state index in [1.54, 1.807) is 21.9 Å². The summed E-state index contributed by atoms with van der Waals surface area (Å²) in [5.74, 6) is 0.453. The second-order valence-corrected chi connectivity index (χ2v) is 8.21. The van der Waals surface area contributed by atoms with Crippen LogP contribution in [-0.2, 0) is 0 Å². The van der Waals surface area contributed by atoms with Gasteiger partial charge in [-0.1, -0.05) is 12.1 Å². The molecule has 1 aliphatic heterocycles. The van der Waals surface area contributed by atoms with Crippen LogP contribution in [0.2, 0.25) is 0 Å². The molecular formula is C22H18N4O4S. The minimum absolute atomic E-state index is 0.167. The minimum atomic E-state index is -0.254. The molecule has 4 heterocycles. The van der Waals surface area contributed by atoms with Gasteiger partial charge < -0.3 is 19.2 Å². The van der Waals surface area contributed by atoms with Crippen LogP contribution in [0.1, 0.15) is 20.9 Å². The van der Waals surface area contributed by atoms with Crippen LogP contribution in [0.15, 0.2) is 63.9 Å². The van der Waals surface area contributed by atoms with Gasteiger partial charge in [0.15, 0.2) is 16.5 Å². The molecule has 0 bridgehead atoms. The average Bonchev–Trinajstić information content (AvgIpc) is 3.46. The zero-order valence-corrected chi connectivity index (χ0v) is 17.2. The Labute approximate surface area is 180 Å². The van der Waals surface area contributed by atoms with Gasteiger partial charge in [0.25, 0.3) is 11.8 Å². The Hall–Kier alpha value is -3.72. The first-order valence-corrected chi connectivity index (χ1v) is 10.6. The summed E-state index contributed by atoms with van der Waals surface area (Å²) in [6.07, 6.45) is 1.41. The van der Waals surface area contributed by atoms with Crippen molar-refractivity contribution in [3.05, 3.63) is 76.4 Å². The summed E-state index contributed by atoms with van der Waals surface area (Å²) in [5.41, 5.74) is 1.07. The number of piperazine rings is 1. The highest BCUT2D eigenvalue weighted by Crippen LogP contribution is 2.31. The molecule has 0 spiro atoms. The third kappa shape index (κ3) is 3.75. The molecular weight excluding hydrogens is 416 g/mol. The van der Waals surface area contributed by atoms with E-state index in [1.807, 2.05) is 24.3 Å². The number of benzene rings is 1. The summed E-state index contributed by atoms with van der Waals surface area (Å²) < 4.78 is 6.87. The molecule has 0 atom stereocenters. The van der Waals surface area contributed by atoms with Crippen molar-refractivity contribution >= 4 is 33.4 Å². The molecule has 0 aliphatic carbocycles. The minimum Gasteiger partial charge on any atom is -0.448 e. The van der Waals surface area contributed by atoms with Gasteiger partial charge in [0.1, 0.15) is 0 Å². The van der Waals surface area contributed by atoms with Gasteiger partial charge >= 0.3 is 0 Å². The number of aromatic amines is 1. The number of nitrogens with zero attached hydrogens (tertiary/aromatic N) is 3. The molecule has 0 saturated carbocycles. The third-order valence-corrected chi connectivity index (χ3v) is 6.26. The Bertz CT molecular complexity index is 1280. The van der Waals surface area contributed by atoms with Crippen LogP contribution >= 0.6 is 11.3 Å². The van der Waals surface area contributed by atoms with Crippen LogP contribution in [0.3, 0.4) is 0 Å². The van der Waals surface area contributed by atoms with E-state index in [-0.39, 0.29) is 23.1 Å². The van der Waals surface area contributed by atoms with E-state index in [0.717, 1.165) is 15.2 Å². The average molecular weight is 434 g/mol. The Morgan fingerprint density at radius 1 is 0.935 bits per heavy atom. The van der Waals surface area contributed by atoms with Crippen LogP contribution in [0.25, 0.3) is 21.0 Å². The third-order valence-electron chi connectivity index (χ3n) is 5.21. The van der Waals surface area contributed by atoms with Gasteiger partial charge in [0.2, 0.25) is 5.56 Å². The van der Waals surface area contributed by atoms with Gasteiger partial charge in [0, 0.05) is 38.4 Å². The van der Waals surface area contributed by atoms with Crippen molar-refractivity contribution in [2.75, 3.05) is 26.2 Å². The van der Waals surface area contributed by atoms with Crippen molar-refractivity contribution in [2.45, 2.75) is 0 Å². The number of para-hydroxylation sites is 1. The van der Waals surface area contributed by atoms with Crippen LogP contribution in [0, 0.1) is 0 Å². The van der Waals surface area contributed by atoms with Gasteiger partial charge in [-0.05, 0) is 30.3 Å². The van der Waals surface area contributed by atoms with Gasteiger partial charge in [-0.15, -0.1) is 11.3 Å². The number of pyridine rings is 1. The Kier molecular flexibility index (Phi) is 4.87. The van der Waals surface area contributed by atoms with Crippen LogP contribution < -0.4 is 5.56 Å². The highest BCUT2D eigenvalue weighted by atomic mass is 32.1. The second kappa shape index (κ2) is 7.84. The molecule has 3 aromatic heterocycles. The number of aromatic nitrogens is 2. The largest absolute Gasteiger partial charge is 0.448 e. The fourth-order valence-electron chi connectivity index (χ4n) is 3.54. The normalized spacial score (nSPS) is 14.2. The number of furan rings is 1. The van der Waals surface area contributed by atoms with Crippen molar-refractivity contribution < 1.29 is 14.0 Å². The first-order chi connectivity index (χ1) is 15.1. The van der Waals surface area contributed by atoms with Crippen molar-refractivity contribution in [3.63, 3.8) is 0 Å². The second-order valence-electron chi connectivity index (χ2n) is 7.18. The molecule has 1 aliphatic rings. The summed E-state index contributed by atoms with van der Waals surface area (Å²) in [4.78, 5) is 47.0. The number of carbonyl (C=O) groups excluding carboxylic acids is 2. The lowest BCUT2D eigenvalue weighted by atomic mass is 10.2. The van der Waals surface area contributed by atoms with Crippen LogP contribution in [0.5, 0.6) is 0 Å². The van der Waals surface area contributed by atoms with E-state index < -0.39 is 0 Å². The molecule has 1 aromatic carbocycles. The maximum atomic E-state index is 12.9. The summed E-state index contributed by atoms with van der Waals surface area (Å²) in [7, 11) is 0. The van der Waals surface area contributed by atoms with Crippen LogP contribution in [0.4, 0.5) is 0 Å². The van der Waals surface area contributed by atoms with E-state index in [4.69, 9.17) is 4.42 Å². The SMILES string of the molecule is O=C(c1ccc(=O)[nH]c1)N1CCN(C(=O)c2ccc(-c3nc4ccccc4s3)o2)CC1. The quantitative estimate of drug-likeness (QED) is 0.535. The number of thiazole rings is 1. The molecule has 31 heavy (non-hydrogen) atoms. The van der Waals surface area contributed by atoms with E-state index in [2.05, 4.69) is 9.97 Å². The molecule has 4 aromatic rings. The number of fused-ring (bicyclic) bond motifs is 1. The molecule has 156 valence electrons. The maximum Gasteiger partial charge on any atom is 0.289 e. The van der Waals surface area contributed by atoms with Gasteiger partial charge in [0.05, 0.1) is 15.8 Å². The number of H-pyrrole nitrogens is 1. The highest BCUT2D eigenvalue weighted by molar-refractivity contribution is 7.21. The number of hydrogen-bond donors (Lipinski definition) is 1. The van der Waals surface area contributed by atoms with Gasteiger partial charge in [-0.2, -0.15) is 0 Å². The maximum absolute atomic E-state index is 12.9. The van der Waals surface area contributed by atoms with E-state index in [9.17, 15) is 14.4 Å². The Morgan fingerprint density at radius 3 is 2.39 bits per heavy atom. The Balaban J connectivity index is 1.25. The fourth-order valence-corrected chi connectivity index (χ4v) is 4.47. The molecule has 1 saturated heterocycles. The predicted molar refractivity (Wildman–Crippen MR) is 116 cm³/mol. The van der Waals surface area contributed by atoms with E-state index in [0.29, 0.717) is 37.5 Å². The van der Waals surface area contributed by atoms with E-state index in [1.165, 1.54) is 29.7 Å². The molecule has 0 radical (unpaired) electrons. The van der Waals surface area contributed by atoms with Gasteiger partial charge in [-0.25, -0.2) is 4.98 Å². The molecule has 1 N–H and O–H groups in total. The summed E-state index contributed by atoms with van der Waals surface area (Å²) in [6, 6.07) is 14.1. The van der Waals surface area contributed by atoms with Crippen molar-refractivity contribution in [2.24, 2.45) is 0 Å². The number of carbonyl (C=O) groups is 2. The van der Waals surface area contributed by atoms with Crippen molar-refractivity contribution in [1.29, 1.82) is 0 Å². The summed E-state index contributed by atoms with van der Waals surface area (Å²) in [5, 5.41) is 0.733. The Morgan fingerprint density at radius 2 is 1.68 bits per heavy atom. The molecule has 5 rings (SSSR count). The lowest BCUT2D eigenvalue weighted by Gasteiger charge is -2.34. The van der Waals surface area contributed by atoms with E-state index >= 15 is 0 Å². The van der Waals surface area contributed by atoms with Crippen molar-refractivity contribution in [3.8, 4) is 10.8 Å². The topological polar surface area (TPSA) is 99.5 Å². The lowest BCUT2D eigenvalue weighted by molar-refractivity contribution is 0.0518. The lowest BCUT2D eigenvalue weighted by Crippen LogP contribution is -2.50. The molecule has 0 unspecified atom stereocenters. The van der Waals surface area contributed by atoms with Crippen LogP contribution in [-0.4, -0.2) is 57.8 Å². The predicted octanol–water partition coefficient (Wildman–Crippen LogP) is 2.84. The molecule has 1 fully saturated rings. The molecule has 2 amide bonds. The monoisotopic (exact) mass is 434 g/mol. The number of rotatable bonds is 3. The highest BCUT2D eigenvalue weighted by Gasteiger charge is 2.27. The zero-order chi connectivity index (χ0) is 21.4. The smallest absolute Gasteiger partial charge is 0.289 e. The first kappa shape index (κ1) is 19.3. The number of hydrogen-bond acceptors (Lipinski definition) is 6. The number of amides is 2. The first-order valence-electron chi connectivity index (χ1n) is 9.81. The summed E-state index contributed by atoms with van der Waals surface area (Å²) >= 11 is 1.52. The zero-order valence-electron chi connectivity index (χ0n) is 16.4. The van der Waals surface area contributed by atoms with Crippen molar-refractivity contribution in [1.82, 2.24) is 19.8 Å².